The van der Waals surface area contributed by atoms with Crippen LogP contribution in [0.3, 0.4) is 0 Å². The molecule has 0 radical (unpaired) electrons. The van der Waals surface area contributed by atoms with Gasteiger partial charge in [0.25, 0.3) is 0 Å². The lowest BCUT2D eigenvalue weighted by atomic mass is 10.1. The third-order valence-corrected chi connectivity index (χ3v) is 2.66. The van der Waals surface area contributed by atoms with Crippen LogP contribution < -0.4 is 5.32 Å². The average molecular weight is 202 g/mol. The highest BCUT2D eigenvalue weighted by atomic mass is 15.2. The molecule has 1 unspecified atom stereocenters. The summed E-state index contributed by atoms with van der Waals surface area (Å²) in [6.45, 7) is 3.21. The summed E-state index contributed by atoms with van der Waals surface area (Å²) in [7, 11) is 0. The molecule has 0 bridgehead atoms. The number of pyridine rings is 1. The first-order valence-electron chi connectivity index (χ1n) is 5.14. The third-order valence-electron chi connectivity index (χ3n) is 2.66. The Morgan fingerprint density at radius 1 is 1.60 bits per heavy atom. The summed E-state index contributed by atoms with van der Waals surface area (Å²) >= 11 is 0. The van der Waals surface area contributed by atoms with Gasteiger partial charge >= 0.3 is 0 Å². The Kier molecular flexibility index (Phi) is 3.28. The van der Waals surface area contributed by atoms with E-state index >= 15 is 0 Å². The average Bonchev–Trinajstić information content (AvgIpc) is 2.31. The topological polar surface area (TPSA) is 52.0 Å². The van der Waals surface area contributed by atoms with Crippen LogP contribution in [0.4, 0.5) is 0 Å². The molecule has 78 valence electrons. The Labute approximate surface area is 89.5 Å². The molecule has 1 N–H and O–H groups in total. The van der Waals surface area contributed by atoms with Gasteiger partial charge in [0.15, 0.2) is 0 Å². The van der Waals surface area contributed by atoms with E-state index in [2.05, 4.69) is 21.3 Å². The predicted molar refractivity (Wildman–Crippen MR) is 57.0 cm³/mol. The van der Waals surface area contributed by atoms with E-state index in [-0.39, 0.29) is 6.04 Å². The molecule has 0 aliphatic carbocycles. The maximum Gasteiger partial charge on any atom is 0.0872 e. The molecule has 4 heteroatoms. The van der Waals surface area contributed by atoms with Gasteiger partial charge in [0, 0.05) is 25.8 Å². The largest absolute Gasteiger partial charge is 0.313 e. The number of piperazine rings is 1. The van der Waals surface area contributed by atoms with Crippen LogP contribution in [0.2, 0.25) is 0 Å². The van der Waals surface area contributed by atoms with Crippen LogP contribution in [-0.2, 0) is 0 Å². The zero-order valence-electron chi connectivity index (χ0n) is 8.56. The van der Waals surface area contributed by atoms with Crippen molar-refractivity contribution in [3.8, 4) is 6.07 Å². The smallest absolute Gasteiger partial charge is 0.0872 e. The number of hydrogen-bond acceptors (Lipinski definition) is 4. The second-order valence-electron chi connectivity index (χ2n) is 3.60. The minimum Gasteiger partial charge on any atom is -0.313 e. The first-order valence-corrected chi connectivity index (χ1v) is 5.14. The van der Waals surface area contributed by atoms with E-state index in [1.807, 2.05) is 18.2 Å². The van der Waals surface area contributed by atoms with Crippen molar-refractivity contribution < 1.29 is 0 Å². The van der Waals surface area contributed by atoms with Gasteiger partial charge in [-0.1, -0.05) is 6.07 Å². The molecule has 1 atom stereocenters. The summed E-state index contributed by atoms with van der Waals surface area (Å²) in [5.41, 5.74) is 1.04. The summed E-state index contributed by atoms with van der Waals surface area (Å²) < 4.78 is 0. The van der Waals surface area contributed by atoms with Crippen molar-refractivity contribution in [3.63, 3.8) is 0 Å². The first-order chi connectivity index (χ1) is 7.42. The van der Waals surface area contributed by atoms with Crippen molar-refractivity contribution in [2.75, 3.05) is 26.2 Å². The van der Waals surface area contributed by atoms with Crippen LogP contribution in [0.1, 0.15) is 11.7 Å². The van der Waals surface area contributed by atoms with Crippen LogP contribution in [-0.4, -0.2) is 36.1 Å². The highest BCUT2D eigenvalue weighted by Gasteiger charge is 2.23. The van der Waals surface area contributed by atoms with Crippen molar-refractivity contribution in [2.45, 2.75) is 6.04 Å². The van der Waals surface area contributed by atoms with Gasteiger partial charge in [-0.3, -0.25) is 9.88 Å². The molecule has 1 saturated heterocycles. The number of nitrogens with zero attached hydrogens (tertiary/aromatic N) is 3. The SMILES string of the molecule is N#CCN1CCNCC1c1ccccn1. The second kappa shape index (κ2) is 4.87. The van der Waals surface area contributed by atoms with Gasteiger partial charge in [-0.05, 0) is 12.1 Å². The second-order valence-corrected chi connectivity index (χ2v) is 3.60. The maximum absolute atomic E-state index is 8.75. The zero-order valence-corrected chi connectivity index (χ0v) is 8.56. The predicted octanol–water partition coefficient (Wildman–Crippen LogP) is 0.551. The van der Waals surface area contributed by atoms with Crippen molar-refractivity contribution in [1.29, 1.82) is 5.26 Å². The quantitative estimate of drug-likeness (QED) is 0.712. The highest BCUT2D eigenvalue weighted by Crippen LogP contribution is 2.19. The van der Waals surface area contributed by atoms with Crippen LogP contribution in [0.15, 0.2) is 24.4 Å². The van der Waals surface area contributed by atoms with E-state index < -0.39 is 0 Å². The lowest BCUT2D eigenvalue weighted by Gasteiger charge is -2.33. The van der Waals surface area contributed by atoms with E-state index in [1.165, 1.54) is 0 Å². The third kappa shape index (κ3) is 2.32. The monoisotopic (exact) mass is 202 g/mol. The fraction of sp³-hybridized carbons (Fsp3) is 0.455. The highest BCUT2D eigenvalue weighted by molar-refractivity contribution is 5.11. The van der Waals surface area contributed by atoms with Gasteiger partial charge in [-0.15, -0.1) is 0 Å². The summed E-state index contributed by atoms with van der Waals surface area (Å²) in [4.78, 5) is 6.51. The minimum absolute atomic E-state index is 0.236. The summed E-state index contributed by atoms with van der Waals surface area (Å²) in [6.07, 6.45) is 1.80. The normalized spacial score (nSPS) is 22.2. The number of rotatable bonds is 2. The fourth-order valence-corrected chi connectivity index (χ4v) is 1.89. The van der Waals surface area contributed by atoms with Crippen molar-refractivity contribution in [1.82, 2.24) is 15.2 Å². The fourth-order valence-electron chi connectivity index (χ4n) is 1.89. The molecule has 0 amide bonds. The Hall–Kier alpha value is -1.44. The molecule has 1 fully saturated rings. The molecule has 15 heavy (non-hydrogen) atoms. The molecule has 1 aliphatic heterocycles. The number of hydrogen-bond donors (Lipinski definition) is 1. The van der Waals surface area contributed by atoms with Crippen molar-refractivity contribution in [2.24, 2.45) is 0 Å². The van der Waals surface area contributed by atoms with Crippen LogP contribution >= 0.6 is 0 Å². The van der Waals surface area contributed by atoms with Crippen molar-refractivity contribution >= 4 is 0 Å². The minimum atomic E-state index is 0.236. The van der Waals surface area contributed by atoms with E-state index in [9.17, 15) is 0 Å². The molecule has 2 rings (SSSR count). The summed E-state index contributed by atoms with van der Waals surface area (Å²) in [6, 6.07) is 8.36. The standard InChI is InChI=1S/C11H14N4/c12-4-7-15-8-6-13-9-11(15)10-3-1-2-5-14-10/h1-3,5,11,13H,6-9H2. The Bertz CT molecular complexity index is 343. The van der Waals surface area contributed by atoms with Crippen LogP contribution in [0, 0.1) is 11.3 Å². The molecule has 1 aliphatic rings. The molecule has 1 aromatic heterocycles. The molecule has 1 aromatic rings. The molecule has 0 aromatic carbocycles. The molecular weight excluding hydrogens is 188 g/mol. The Balaban J connectivity index is 2.15. The number of nitriles is 1. The van der Waals surface area contributed by atoms with Gasteiger partial charge in [-0.2, -0.15) is 5.26 Å². The number of nitrogens with one attached hydrogen (secondary N) is 1. The summed E-state index contributed by atoms with van der Waals surface area (Å²) in [5, 5.41) is 12.1. The van der Waals surface area contributed by atoms with E-state index in [0.717, 1.165) is 25.3 Å². The van der Waals surface area contributed by atoms with Gasteiger partial charge in [0.1, 0.15) is 0 Å². The lowest BCUT2D eigenvalue weighted by Crippen LogP contribution is -2.46. The summed E-state index contributed by atoms with van der Waals surface area (Å²) in [5.74, 6) is 0. The molecule has 4 nitrogen and oxygen atoms in total. The Morgan fingerprint density at radius 3 is 3.27 bits per heavy atom. The van der Waals surface area contributed by atoms with Crippen LogP contribution in [0.25, 0.3) is 0 Å². The van der Waals surface area contributed by atoms with Gasteiger partial charge in [0.05, 0.1) is 24.3 Å². The van der Waals surface area contributed by atoms with E-state index in [1.54, 1.807) is 6.20 Å². The maximum atomic E-state index is 8.75. The van der Waals surface area contributed by atoms with E-state index in [4.69, 9.17) is 5.26 Å². The van der Waals surface area contributed by atoms with E-state index in [0.29, 0.717) is 6.54 Å². The first kappa shape index (κ1) is 10.1. The lowest BCUT2D eigenvalue weighted by molar-refractivity contribution is 0.179. The number of aromatic nitrogens is 1. The molecular formula is C11H14N4. The van der Waals surface area contributed by atoms with Crippen molar-refractivity contribution in [3.05, 3.63) is 30.1 Å². The van der Waals surface area contributed by atoms with Gasteiger partial charge in [-0.25, -0.2) is 0 Å². The zero-order chi connectivity index (χ0) is 10.5. The molecule has 0 spiro atoms. The van der Waals surface area contributed by atoms with Crippen LogP contribution in [0.5, 0.6) is 0 Å². The van der Waals surface area contributed by atoms with Gasteiger partial charge < -0.3 is 5.32 Å². The van der Waals surface area contributed by atoms with Gasteiger partial charge in [0.2, 0.25) is 0 Å². The molecule has 0 saturated carbocycles. The Morgan fingerprint density at radius 2 is 2.53 bits per heavy atom. The molecule has 2 heterocycles.